The zero-order chi connectivity index (χ0) is 19.9. The van der Waals surface area contributed by atoms with Gasteiger partial charge in [0.25, 0.3) is 5.91 Å². The molecule has 28 heavy (non-hydrogen) atoms. The van der Waals surface area contributed by atoms with Gasteiger partial charge >= 0.3 is 0 Å². The molecule has 0 bridgehead atoms. The molecule has 2 aromatic carbocycles. The van der Waals surface area contributed by atoms with Gasteiger partial charge in [0.1, 0.15) is 23.9 Å². The van der Waals surface area contributed by atoms with Crippen LogP contribution in [0.5, 0.6) is 17.2 Å². The van der Waals surface area contributed by atoms with Crippen LogP contribution in [0, 0.1) is 0 Å². The first-order valence-corrected chi connectivity index (χ1v) is 8.84. The summed E-state index contributed by atoms with van der Waals surface area (Å²) < 4.78 is 17.6. The molecule has 3 rings (SSSR count). The summed E-state index contributed by atoms with van der Waals surface area (Å²) in [6, 6.07) is 16.7. The largest absolute Gasteiger partial charge is 0.497 e. The van der Waals surface area contributed by atoms with Crippen molar-refractivity contribution in [2.75, 3.05) is 27.4 Å². The maximum absolute atomic E-state index is 12.4. The molecule has 0 atom stereocenters. The van der Waals surface area contributed by atoms with E-state index in [1.807, 2.05) is 55.6 Å². The molecule has 146 valence electrons. The summed E-state index contributed by atoms with van der Waals surface area (Å²) in [7, 11) is 5.05. The van der Waals surface area contributed by atoms with E-state index in [2.05, 4.69) is 10.4 Å². The van der Waals surface area contributed by atoms with E-state index in [0.29, 0.717) is 18.8 Å². The quantitative estimate of drug-likeness (QED) is 0.607. The van der Waals surface area contributed by atoms with Gasteiger partial charge in [0.05, 0.1) is 26.5 Å². The lowest BCUT2D eigenvalue weighted by atomic mass is 10.1. The summed E-state index contributed by atoms with van der Waals surface area (Å²) in [4.78, 5) is 12.4. The number of nitrogens with one attached hydrogen (secondary N) is 1. The first-order chi connectivity index (χ1) is 13.6. The van der Waals surface area contributed by atoms with E-state index in [1.54, 1.807) is 25.0 Å². The number of rotatable bonds is 8. The third-order valence-electron chi connectivity index (χ3n) is 4.21. The van der Waals surface area contributed by atoms with Gasteiger partial charge < -0.3 is 19.5 Å². The molecule has 0 aliphatic carbocycles. The Morgan fingerprint density at radius 1 is 0.964 bits per heavy atom. The van der Waals surface area contributed by atoms with Crippen LogP contribution in [0.4, 0.5) is 0 Å². The topological polar surface area (TPSA) is 74.6 Å². The number of carbonyl (C=O) groups is 1. The van der Waals surface area contributed by atoms with Crippen LogP contribution in [-0.2, 0) is 7.05 Å². The fourth-order valence-corrected chi connectivity index (χ4v) is 2.71. The van der Waals surface area contributed by atoms with E-state index < -0.39 is 0 Å². The van der Waals surface area contributed by atoms with Crippen molar-refractivity contribution in [2.45, 2.75) is 0 Å². The fraction of sp³-hybridized carbons (Fsp3) is 0.238. The Morgan fingerprint density at radius 3 is 2.14 bits per heavy atom. The van der Waals surface area contributed by atoms with Gasteiger partial charge in [-0.1, -0.05) is 0 Å². The molecule has 7 heteroatoms. The number of benzene rings is 2. The summed E-state index contributed by atoms with van der Waals surface area (Å²) in [5.41, 5.74) is 2.16. The number of ether oxygens (including phenoxy) is 3. The van der Waals surface area contributed by atoms with Crippen LogP contribution in [0.3, 0.4) is 0 Å². The second kappa shape index (κ2) is 8.94. The summed E-state index contributed by atoms with van der Waals surface area (Å²) in [6.45, 7) is 0.732. The fourth-order valence-electron chi connectivity index (χ4n) is 2.71. The maximum atomic E-state index is 12.4. The molecular formula is C21H23N3O4. The third-order valence-corrected chi connectivity index (χ3v) is 4.21. The van der Waals surface area contributed by atoms with E-state index in [-0.39, 0.29) is 5.91 Å². The molecule has 1 heterocycles. The lowest BCUT2D eigenvalue weighted by molar-refractivity contribution is 0.0941. The lowest BCUT2D eigenvalue weighted by Gasteiger charge is -2.07. The van der Waals surface area contributed by atoms with Crippen LogP contribution in [0.2, 0.25) is 0 Å². The number of nitrogens with zero attached hydrogens (tertiary/aromatic N) is 2. The SMILES string of the molecule is COc1ccc(OCCNC(=O)c2cc(-c3ccc(OC)cc3)n(C)n2)cc1. The van der Waals surface area contributed by atoms with Crippen molar-refractivity contribution in [3.05, 3.63) is 60.3 Å². The molecule has 1 amide bonds. The Morgan fingerprint density at radius 2 is 1.54 bits per heavy atom. The lowest BCUT2D eigenvalue weighted by Crippen LogP contribution is -2.28. The van der Waals surface area contributed by atoms with Crippen molar-refractivity contribution < 1.29 is 19.0 Å². The first kappa shape index (κ1) is 19.3. The van der Waals surface area contributed by atoms with Gasteiger partial charge in [-0.2, -0.15) is 5.10 Å². The highest BCUT2D eigenvalue weighted by Gasteiger charge is 2.13. The van der Waals surface area contributed by atoms with Gasteiger partial charge in [-0.15, -0.1) is 0 Å². The molecule has 0 saturated carbocycles. The average Bonchev–Trinajstić information content (AvgIpc) is 3.13. The Labute approximate surface area is 163 Å². The van der Waals surface area contributed by atoms with E-state index in [1.165, 1.54) is 0 Å². The van der Waals surface area contributed by atoms with Crippen LogP contribution in [0.1, 0.15) is 10.5 Å². The average molecular weight is 381 g/mol. The number of methoxy groups -OCH3 is 2. The number of hydrogen-bond acceptors (Lipinski definition) is 5. The molecule has 1 N–H and O–H groups in total. The number of amides is 1. The van der Waals surface area contributed by atoms with E-state index >= 15 is 0 Å². The predicted octanol–water partition coefficient (Wildman–Crippen LogP) is 2.91. The van der Waals surface area contributed by atoms with Crippen molar-refractivity contribution in [1.82, 2.24) is 15.1 Å². The highest BCUT2D eigenvalue weighted by Crippen LogP contribution is 2.22. The van der Waals surface area contributed by atoms with Crippen LogP contribution >= 0.6 is 0 Å². The first-order valence-electron chi connectivity index (χ1n) is 8.84. The Bertz CT molecular complexity index is 918. The minimum atomic E-state index is -0.242. The summed E-state index contributed by atoms with van der Waals surface area (Å²) in [6.07, 6.45) is 0. The third kappa shape index (κ3) is 4.62. The van der Waals surface area contributed by atoms with Crippen molar-refractivity contribution in [3.8, 4) is 28.5 Å². The number of carbonyl (C=O) groups excluding carboxylic acids is 1. The highest BCUT2D eigenvalue weighted by atomic mass is 16.5. The van der Waals surface area contributed by atoms with Crippen LogP contribution in [0.15, 0.2) is 54.6 Å². The molecule has 0 aliphatic rings. The van der Waals surface area contributed by atoms with E-state index in [0.717, 1.165) is 28.5 Å². The molecule has 1 aromatic heterocycles. The minimum Gasteiger partial charge on any atom is -0.497 e. The molecule has 0 spiro atoms. The second-order valence-electron chi connectivity index (χ2n) is 6.05. The van der Waals surface area contributed by atoms with Gasteiger partial charge in [-0.25, -0.2) is 0 Å². The molecule has 0 radical (unpaired) electrons. The van der Waals surface area contributed by atoms with E-state index in [4.69, 9.17) is 14.2 Å². The van der Waals surface area contributed by atoms with E-state index in [9.17, 15) is 4.79 Å². The molecule has 0 fully saturated rings. The zero-order valence-electron chi connectivity index (χ0n) is 16.1. The minimum absolute atomic E-state index is 0.242. The van der Waals surface area contributed by atoms with Gasteiger partial charge in [0.15, 0.2) is 5.69 Å². The van der Waals surface area contributed by atoms with Crippen molar-refractivity contribution >= 4 is 5.91 Å². The number of aromatic nitrogens is 2. The van der Waals surface area contributed by atoms with Crippen LogP contribution in [-0.4, -0.2) is 43.1 Å². The Kier molecular flexibility index (Phi) is 6.16. The Balaban J connectivity index is 1.54. The van der Waals surface area contributed by atoms with Crippen molar-refractivity contribution in [1.29, 1.82) is 0 Å². The predicted molar refractivity (Wildman–Crippen MR) is 106 cm³/mol. The smallest absolute Gasteiger partial charge is 0.271 e. The van der Waals surface area contributed by atoms with Gasteiger partial charge in [-0.05, 0) is 54.6 Å². The van der Waals surface area contributed by atoms with Crippen molar-refractivity contribution in [2.24, 2.45) is 7.05 Å². The van der Waals surface area contributed by atoms with Crippen LogP contribution < -0.4 is 19.5 Å². The van der Waals surface area contributed by atoms with Gasteiger partial charge in [0, 0.05) is 12.6 Å². The van der Waals surface area contributed by atoms with Gasteiger partial charge in [0.2, 0.25) is 0 Å². The van der Waals surface area contributed by atoms with Crippen molar-refractivity contribution in [3.63, 3.8) is 0 Å². The summed E-state index contributed by atoms with van der Waals surface area (Å²) >= 11 is 0. The monoisotopic (exact) mass is 381 g/mol. The molecule has 3 aromatic rings. The summed E-state index contributed by atoms with van der Waals surface area (Å²) in [5, 5.41) is 7.12. The molecule has 0 saturated heterocycles. The molecule has 0 aliphatic heterocycles. The Hall–Kier alpha value is -3.48. The highest BCUT2D eigenvalue weighted by molar-refractivity contribution is 5.93. The number of hydrogen-bond donors (Lipinski definition) is 1. The molecule has 7 nitrogen and oxygen atoms in total. The normalized spacial score (nSPS) is 10.4. The van der Waals surface area contributed by atoms with Gasteiger partial charge in [-0.3, -0.25) is 9.48 Å². The maximum Gasteiger partial charge on any atom is 0.271 e. The standard InChI is InChI=1S/C21H23N3O4/c1-24-20(15-4-6-16(26-2)7-5-15)14-19(23-24)21(25)22-12-13-28-18-10-8-17(27-3)9-11-18/h4-11,14H,12-13H2,1-3H3,(H,22,25). The second-order valence-corrected chi connectivity index (χ2v) is 6.05. The van der Waals surface area contributed by atoms with Crippen LogP contribution in [0.25, 0.3) is 11.3 Å². The molecular weight excluding hydrogens is 358 g/mol. The summed E-state index contributed by atoms with van der Waals surface area (Å²) in [5.74, 6) is 2.02. The zero-order valence-corrected chi connectivity index (χ0v) is 16.1. The molecule has 0 unspecified atom stereocenters. The number of aryl methyl sites for hydroxylation is 1.